The molecule has 0 fully saturated rings. The van der Waals surface area contributed by atoms with Gasteiger partial charge in [-0.1, -0.05) is 18.2 Å². The van der Waals surface area contributed by atoms with Crippen LogP contribution in [0.25, 0.3) is 10.9 Å². The SMILES string of the molecule is CCOC(=O)CC(=O)Nc1cn(C)c2ccccc12. The minimum absolute atomic E-state index is 0.267. The first-order valence-electron chi connectivity index (χ1n) is 6.11. The van der Waals surface area contributed by atoms with Gasteiger partial charge in [0.15, 0.2) is 0 Å². The Bertz CT molecular complexity index is 616. The van der Waals surface area contributed by atoms with Gasteiger partial charge in [-0.05, 0) is 13.0 Å². The second-order valence-corrected chi connectivity index (χ2v) is 4.20. The first kappa shape index (κ1) is 13.1. The summed E-state index contributed by atoms with van der Waals surface area (Å²) < 4.78 is 6.66. The van der Waals surface area contributed by atoms with Gasteiger partial charge < -0.3 is 14.6 Å². The molecule has 0 aliphatic heterocycles. The Hall–Kier alpha value is -2.30. The topological polar surface area (TPSA) is 60.3 Å². The molecule has 0 bridgehead atoms. The minimum atomic E-state index is -0.514. The molecule has 19 heavy (non-hydrogen) atoms. The summed E-state index contributed by atoms with van der Waals surface area (Å²) in [6.45, 7) is 1.99. The molecule has 0 spiro atoms. The molecule has 1 heterocycles. The molecule has 0 saturated carbocycles. The van der Waals surface area contributed by atoms with Crippen molar-refractivity contribution in [3.8, 4) is 0 Å². The highest BCUT2D eigenvalue weighted by molar-refractivity contribution is 6.06. The van der Waals surface area contributed by atoms with Crippen LogP contribution >= 0.6 is 0 Å². The number of benzene rings is 1. The second kappa shape index (κ2) is 5.56. The predicted octanol–water partition coefficient (Wildman–Crippen LogP) is 2.07. The quantitative estimate of drug-likeness (QED) is 0.676. The van der Waals surface area contributed by atoms with Gasteiger partial charge in [0.25, 0.3) is 0 Å². The van der Waals surface area contributed by atoms with Crippen LogP contribution in [0.2, 0.25) is 0 Å². The zero-order valence-corrected chi connectivity index (χ0v) is 11.0. The fraction of sp³-hybridized carbons (Fsp3) is 0.286. The van der Waals surface area contributed by atoms with Crippen molar-refractivity contribution in [1.29, 1.82) is 0 Å². The van der Waals surface area contributed by atoms with Crippen LogP contribution in [0.3, 0.4) is 0 Å². The van der Waals surface area contributed by atoms with Crippen molar-refractivity contribution in [2.75, 3.05) is 11.9 Å². The van der Waals surface area contributed by atoms with E-state index in [0.717, 1.165) is 10.9 Å². The Morgan fingerprint density at radius 3 is 2.79 bits per heavy atom. The van der Waals surface area contributed by atoms with E-state index in [0.29, 0.717) is 5.69 Å². The number of rotatable bonds is 4. The monoisotopic (exact) mass is 260 g/mol. The maximum absolute atomic E-state index is 11.7. The summed E-state index contributed by atoms with van der Waals surface area (Å²) in [5.41, 5.74) is 1.72. The van der Waals surface area contributed by atoms with Crippen LogP contribution in [0.4, 0.5) is 5.69 Å². The van der Waals surface area contributed by atoms with Crippen molar-refractivity contribution in [1.82, 2.24) is 4.57 Å². The van der Waals surface area contributed by atoms with Gasteiger partial charge in [0, 0.05) is 24.1 Å². The maximum Gasteiger partial charge on any atom is 0.315 e. The van der Waals surface area contributed by atoms with E-state index >= 15 is 0 Å². The first-order valence-corrected chi connectivity index (χ1v) is 6.11. The lowest BCUT2D eigenvalue weighted by Gasteiger charge is -2.03. The number of esters is 1. The summed E-state index contributed by atoms with van der Waals surface area (Å²) in [7, 11) is 1.91. The van der Waals surface area contributed by atoms with Crippen LogP contribution in [0.1, 0.15) is 13.3 Å². The lowest BCUT2D eigenvalue weighted by atomic mass is 10.2. The van der Waals surface area contributed by atoms with Crippen LogP contribution < -0.4 is 5.32 Å². The van der Waals surface area contributed by atoms with Gasteiger partial charge >= 0.3 is 5.97 Å². The number of nitrogens with zero attached hydrogens (tertiary/aromatic N) is 1. The third-order valence-corrected chi connectivity index (χ3v) is 2.78. The number of aromatic nitrogens is 1. The number of nitrogens with one attached hydrogen (secondary N) is 1. The van der Waals surface area contributed by atoms with Crippen LogP contribution in [0, 0.1) is 0 Å². The van der Waals surface area contributed by atoms with E-state index in [1.54, 1.807) is 6.92 Å². The van der Waals surface area contributed by atoms with Crippen molar-refractivity contribution in [2.24, 2.45) is 7.05 Å². The van der Waals surface area contributed by atoms with Crippen molar-refractivity contribution >= 4 is 28.5 Å². The first-order chi connectivity index (χ1) is 9.11. The van der Waals surface area contributed by atoms with Crippen molar-refractivity contribution in [3.05, 3.63) is 30.5 Å². The van der Waals surface area contributed by atoms with Gasteiger partial charge in [-0.3, -0.25) is 9.59 Å². The highest BCUT2D eigenvalue weighted by atomic mass is 16.5. The third-order valence-electron chi connectivity index (χ3n) is 2.78. The van der Waals surface area contributed by atoms with E-state index in [2.05, 4.69) is 5.32 Å². The number of fused-ring (bicyclic) bond motifs is 1. The standard InChI is InChI=1S/C14H16N2O3/c1-3-19-14(18)8-13(17)15-11-9-16(2)12-7-5-4-6-10(11)12/h4-7,9H,3,8H2,1-2H3,(H,15,17). The van der Waals surface area contributed by atoms with Crippen molar-refractivity contribution in [2.45, 2.75) is 13.3 Å². The third kappa shape index (κ3) is 2.93. The summed E-state index contributed by atoms with van der Waals surface area (Å²) in [5.74, 6) is -0.880. The largest absolute Gasteiger partial charge is 0.466 e. The minimum Gasteiger partial charge on any atom is -0.466 e. The van der Waals surface area contributed by atoms with Gasteiger partial charge in [-0.25, -0.2) is 0 Å². The molecule has 0 atom stereocenters. The molecular formula is C14H16N2O3. The van der Waals surface area contributed by atoms with Crippen LogP contribution in [-0.2, 0) is 21.4 Å². The second-order valence-electron chi connectivity index (χ2n) is 4.20. The van der Waals surface area contributed by atoms with E-state index < -0.39 is 5.97 Å². The molecule has 1 aromatic carbocycles. The number of ether oxygens (including phenoxy) is 1. The summed E-state index contributed by atoms with van der Waals surface area (Å²) in [5, 5.41) is 3.68. The molecule has 0 unspecified atom stereocenters. The van der Waals surface area contributed by atoms with Gasteiger partial charge in [0.05, 0.1) is 12.3 Å². The molecule has 1 aromatic heterocycles. The molecule has 1 N–H and O–H groups in total. The summed E-state index contributed by atoms with van der Waals surface area (Å²) in [6.07, 6.45) is 1.56. The molecule has 0 saturated heterocycles. The van der Waals surface area contributed by atoms with E-state index in [4.69, 9.17) is 4.74 Å². The average molecular weight is 260 g/mol. The van der Waals surface area contributed by atoms with Crippen LogP contribution in [-0.4, -0.2) is 23.1 Å². The Morgan fingerprint density at radius 2 is 2.05 bits per heavy atom. The van der Waals surface area contributed by atoms with Crippen LogP contribution in [0.5, 0.6) is 0 Å². The Kier molecular flexibility index (Phi) is 3.85. The molecular weight excluding hydrogens is 244 g/mol. The molecule has 2 rings (SSSR count). The molecule has 1 amide bonds. The summed E-state index contributed by atoms with van der Waals surface area (Å²) in [6, 6.07) is 7.74. The summed E-state index contributed by atoms with van der Waals surface area (Å²) in [4.78, 5) is 23.0. The molecule has 100 valence electrons. The highest BCUT2D eigenvalue weighted by Crippen LogP contribution is 2.24. The Labute approximate surface area is 111 Å². The number of para-hydroxylation sites is 1. The number of hydrogen-bond donors (Lipinski definition) is 1. The van der Waals surface area contributed by atoms with Gasteiger partial charge in [0.1, 0.15) is 6.42 Å². The smallest absolute Gasteiger partial charge is 0.315 e. The van der Waals surface area contributed by atoms with E-state index in [1.165, 1.54) is 0 Å². The normalized spacial score (nSPS) is 10.4. The molecule has 5 nitrogen and oxygen atoms in total. The van der Waals surface area contributed by atoms with Crippen molar-refractivity contribution in [3.63, 3.8) is 0 Å². The zero-order valence-electron chi connectivity index (χ0n) is 11.0. The number of anilines is 1. The average Bonchev–Trinajstić information content (AvgIpc) is 2.67. The number of hydrogen-bond acceptors (Lipinski definition) is 3. The fourth-order valence-corrected chi connectivity index (χ4v) is 1.98. The van der Waals surface area contributed by atoms with Gasteiger partial charge in [-0.2, -0.15) is 0 Å². The molecule has 5 heteroatoms. The Morgan fingerprint density at radius 1 is 1.32 bits per heavy atom. The highest BCUT2D eigenvalue weighted by Gasteiger charge is 2.13. The molecule has 2 aromatic rings. The van der Waals surface area contributed by atoms with Gasteiger partial charge in [-0.15, -0.1) is 0 Å². The van der Waals surface area contributed by atoms with Crippen LogP contribution in [0.15, 0.2) is 30.5 Å². The summed E-state index contributed by atoms with van der Waals surface area (Å²) >= 11 is 0. The number of carbonyl (C=O) groups excluding carboxylic acids is 2. The number of amides is 1. The maximum atomic E-state index is 11.7. The number of carbonyl (C=O) groups is 2. The van der Waals surface area contributed by atoms with Gasteiger partial charge in [0.2, 0.25) is 5.91 Å². The van der Waals surface area contributed by atoms with E-state index in [1.807, 2.05) is 42.1 Å². The molecule has 0 aliphatic rings. The Balaban J connectivity index is 2.13. The predicted molar refractivity (Wildman–Crippen MR) is 72.8 cm³/mol. The van der Waals surface area contributed by atoms with Crippen molar-refractivity contribution < 1.29 is 14.3 Å². The molecule has 0 radical (unpaired) electrons. The molecule has 0 aliphatic carbocycles. The lowest BCUT2D eigenvalue weighted by Crippen LogP contribution is -2.18. The van der Waals surface area contributed by atoms with E-state index in [-0.39, 0.29) is 18.9 Å². The zero-order chi connectivity index (χ0) is 13.8. The number of aryl methyl sites for hydroxylation is 1. The van der Waals surface area contributed by atoms with E-state index in [9.17, 15) is 9.59 Å². The fourth-order valence-electron chi connectivity index (χ4n) is 1.98. The lowest BCUT2D eigenvalue weighted by molar-refractivity contribution is -0.145.